The molecule has 1 fully saturated rings. The maximum absolute atomic E-state index is 11.8. The molecule has 0 amide bonds. The molecule has 116 valence electrons. The number of halogens is 6. The Morgan fingerprint density at radius 2 is 1.45 bits per heavy atom. The van der Waals surface area contributed by atoms with Crippen molar-refractivity contribution in [2.45, 2.75) is 12.6 Å². The van der Waals surface area contributed by atoms with Gasteiger partial charge in [-0.1, -0.05) is 13.6 Å². The van der Waals surface area contributed by atoms with E-state index in [1.165, 1.54) is 0 Å². The first-order valence-electron chi connectivity index (χ1n) is 5.25. The Morgan fingerprint density at radius 3 is 1.75 bits per heavy atom. The Kier molecular flexibility index (Phi) is 16.0. The fourth-order valence-electron chi connectivity index (χ4n) is 1.26. The van der Waals surface area contributed by atoms with Crippen LogP contribution in [-0.4, -0.2) is 103 Å². The molecular weight excluding hydrogens is 324 g/mol. The molecule has 1 N–H and O–H groups in total. The summed E-state index contributed by atoms with van der Waals surface area (Å²) in [5.41, 5.74) is 0. The van der Waals surface area contributed by atoms with Crippen molar-refractivity contribution in [2.75, 3.05) is 32.7 Å². The summed E-state index contributed by atoms with van der Waals surface area (Å²) in [6.45, 7) is 3.22. The van der Waals surface area contributed by atoms with Gasteiger partial charge in [-0.2, -0.15) is 27.7 Å². The Balaban J connectivity index is 0. The fourth-order valence-corrected chi connectivity index (χ4v) is 1.26. The van der Waals surface area contributed by atoms with Crippen LogP contribution in [0.15, 0.2) is 0 Å². The molecule has 1 rings (SSSR count). The molecule has 0 aromatic rings. The number of hydrogen-bond donors (Lipinski definition) is 1. The number of rotatable bonds is 5. The number of hydrogen-bond acceptors (Lipinski definition) is 5. The molecule has 0 bridgehead atoms. The van der Waals surface area contributed by atoms with Crippen LogP contribution in [0, 0.1) is 0 Å². The molecule has 1 aliphatic heterocycles. The zero-order valence-electron chi connectivity index (χ0n) is 9.76. The van der Waals surface area contributed by atoms with Crippen molar-refractivity contribution in [2.24, 2.45) is 0 Å². The van der Waals surface area contributed by atoms with Gasteiger partial charge in [0.05, 0.1) is 6.42 Å². The van der Waals surface area contributed by atoms with Gasteiger partial charge < -0.3 is 10.2 Å². The van der Waals surface area contributed by atoms with Gasteiger partial charge in [0.2, 0.25) is 0 Å². The molecule has 20 heavy (non-hydrogen) atoms. The van der Waals surface area contributed by atoms with Gasteiger partial charge in [0.15, 0.2) is 0 Å². The van der Waals surface area contributed by atoms with Crippen molar-refractivity contribution in [1.29, 1.82) is 0 Å². The van der Waals surface area contributed by atoms with Gasteiger partial charge in [-0.3, -0.25) is 0 Å². The Morgan fingerprint density at radius 1 is 1.00 bits per heavy atom. The Hall–Kier alpha value is 1.08. The van der Waals surface area contributed by atoms with Crippen LogP contribution in [0.1, 0.15) is 6.42 Å². The molecule has 0 spiro atoms. The summed E-state index contributed by atoms with van der Waals surface area (Å²) in [5.74, 6) is 0. The van der Waals surface area contributed by atoms with Crippen LogP contribution < -0.4 is 5.32 Å². The van der Waals surface area contributed by atoms with Gasteiger partial charge in [0.25, 0.3) is 0 Å². The first-order valence-corrected chi connectivity index (χ1v) is 5.25. The van der Waals surface area contributed by atoms with Crippen LogP contribution in [0.4, 0.5) is 26.7 Å². The topological polar surface area (TPSA) is 43.0 Å². The van der Waals surface area contributed by atoms with Gasteiger partial charge in [0.1, 0.15) is 0 Å². The molecule has 0 unspecified atom stereocenters. The van der Waals surface area contributed by atoms with Crippen molar-refractivity contribution in [3.8, 4) is 0 Å². The van der Waals surface area contributed by atoms with Gasteiger partial charge in [-0.15, -0.1) is 0 Å². The van der Waals surface area contributed by atoms with E-state index >= 15 is 0 Å². The second kappa shape index (κ2) is 13.7. The average molecular weight is 338 g/mol. The van der Waals surface area contributed by atoms with Gasteiger partial charge >= 0.3 is 64.9 Å². The average Bonchev–Trinajstić information content (AvgIpc) is 2.40. The third kappa shape index (κ3) is 14.0. The third-order valence-electron chi connectivity index (χ3n) is 2.14. The van der Waals surface area contributed by atoms with E-state index in [0.717, 1.165) is 26.2 Å². The summed E-state index contributed by atoms with van der Waals surface area (Å²) in [6, 6.07) is 0. The minimum atomic E-state index is -4.01. The SMILES string of the molecule is FC(F)(F)CCN1CCNCC1.FOB(OF)OF.[KH]. The maximum atomic E-state index is 11.8. The summed E-state index contributed by atoms with van der Waals surface area (Å²) in [6.07, 6.45) is -4.70. The standard InChI is InChI=1S/C7H13F3N2.BF3O3.K.H/c8-7(9,10)1-4-12-5-2-11-3-6-12;2-5-1(6-3)7-4;;/h11H,1-6H2;;;. The summed E-state index contributed by atoms with van der Waals surface area (Å²) < 4.78 is 66.6. The Bertz CT molecular complexity index is 216. The first-order chi connectivity index (χ1) is 8.92. The molecule has 0 aromatic heterocycles. The van der Waals surface area contributed by atoms with Gasteiger partial charge in [-0.05, 0) is 0 Å². The molecule has 13 heteroatoms. The monoisotopic (exact) mass is 338 g/mol. The predicted molar refractivity (Wildman–Crippen MR) is 59.5 cm³/mol. The zero-order chi connectivity index (χ0) is 14.7. The molecule has 1 aliphatic rings. The zero-order valence-corrected chi connectivity index (χ0v) is 9.76. The van der Waals surface area contributed by atoms with E-state index < -0.39 is 19.9 Å². The van der Waals surface area contributed by atoms with Crippen molar-refractivity contribution >= 4 is 58.7 Å². The molecule has 0 atom stereocenters. The van der Waals surface area contributed by atoms with Crippen molar-refractivity contribution in [3.63, 3.8) is 0 Å². The number of piperazine rings is 1. The fraction of sp³-hybridized carbons (Fsp3) is 1.00. The van der Waals surface area contributed by atoms with E-state index in [9.17, 15) is 26.7 Å². The van der Waals surface area contributed by atoms with Crippen LogP contribution in [0.2, 0.25) is 0 Å². The Labute approximate surface area is 154 Å². The summed E-state index contributed by atoms with van der Waals surface area (Å²) in [4.78, 5) is 8.90. The quantitative estimate of drug-likeness (QED) is 0.595. The molecule has 5 nitrogen and oxygen atoms in total. The molecular formula is C7H14BF6KN2O3. The minimum absolute atomic E-state index is 0. The van der Waals surface area contributed by atoms with Crippen LogP contribution in [0.3, 0.4) is 0 Å². The molecule has 0 aliphatic carbocycles. The van der Waals surface area contributed by atoms with Gasteiger partial charge in [0, 0.05) is 32.7 Å². The first kappa shape index (κ1) is 23.3. The van der Waals surface area contributed by atoms with Crippen LogP contribution in [-0.2, 0) is 14.6 Å². The van der Waals surface area contributed by atoms with E-state index in [-0.39, 0.29) is 57.9 Å². The second-order valence-electron chi connectivity index (χ2n) is 3.51. The van der Waals surface area contributed by atoms with Gasteiger partial charge in [-0.25, -0.2) is 0 Å². The van der Waals surface area contributed by atoms with E-state index in [2.05, 4.69) is 19.9 Å². The van der Waals surface area contributed by atoms with E-state index in [0.29, 0.717) is 0 Å². The number of nitrogens with zero attached hydrogens (tertiary/aromatic N) is 1. The predicted octanol–water partition coefficient (Wildman–Crippen LogP) is 0.870. The third-order valence-corrected chi connectivity index (χ3v) is 2.14. The van der Waals surface area contributed by atoms with Crippen molar-refractivity contribution in [3.05, 3.63) is 0 Å². The summed E-state index contributed by atoms with van der Waals surface area (Å²) in [7, 11) is -2.51. The van der Waals surface area contributed by atoms with E-state index in [1.54, 1.807) is 0 Å². The van der Waals surface area contributed by atoms with Crippen LogP contribution >= 0.6 is 0 Å². The van der Waals surface area contributed by atoms with Crippen LogP contribution in [0.5, 0.6) is 0 Å². The van der Waals surface area contributed by atoms with Crippen molar-refractivity contribution in [1.82, 2.24) is 10.2 Å². The normalized spacial score (nSPS) is 15.9. The summed E-state index contributed by atoms with van der Waals surface area (Å²) in [5, 5.41) is 3.09. The molecule has 0 aromatic carbocycles. The summed E-state index contributed by atoms with van der Waals surface area (Å²) >= 11 is 0. The second-order valence-corrected chi connectivity index (χ2v) is 3.51. The molecule has 0 saturated carbocycles. The number of nitrogens with one attached hydrogen (secondary N) is 1. The van der Waals surface area contributed by atoms with E-state index in [1.807, 2.05) is 4.90 Å². The van der Waals surface area contributed by atoms with E-state index in [4.69, 9.17) is 0 Å². The number of alkyl halides is 3. The molecule has 0 radical (unpaired) electrons. The van der Waals surface area contributed by atoms with Crippen molar-refractivity contribution < 1.29 is 41.3 Å². The molecule has 1 saturated heterocycles. The molecule has 1 heterocycles. The van der Waals surface area contributed by atoms with Crippen LogP contribution in [0.25, 0.3) is 0 Å².